The number of nitrogens with zero attached hydrogens (tertiary/aromatic N) is 3. The van der Waals surface area contributed by atoms with Crippen LogP contribution in [0.5, 0.6) is 17.2 Å². The molecule has 3 aromatic rings. The molecule has 0 unspecified atom stereocenters. The number of halogens is 1. The minimum atomic E-state index is -1.10. The summed E-state index contributed by atoms with van der Waals surface area (Å²) in [6.07, 6.45) is 1.72. The highest BCUT2D eigenvalue weighted by atomic mass is 127. The van der Waals surface area contributed by atoms with Crippen molar-refractivity contribution < 1.29 is 28.9 Å². The molecule has 41 heavy (non-hydrogen) atoms. The average molecular weight is 692 g/mol. The van der Waals surface area contributed by atoms with E-state index in [9.17, 15) is 14.4 Å². The van der Waals surface area contributed by atoms with Crippen molar-refractivity contribution in [2.75, 3.05) is 33.9 Å². The van der Waals surface area contributed by atoms with Crippen molar-refractivity contribution in [2.24, 2.45) is 4.99 Å². The summed E-state index contributed by atoms with van der Waals surface area (Å²) in [4.78, 5) is 45.7. The molecule has 0 spiro atoms. The van der Waals surface area contributed by atoms with E-state index < -0.39 is 18.6 Å². The molecule has 1 aliphatic rings. The molecule has 216 valence electrons. The zero-order valence-electron chi connectivity index (χ0n) is 23.3. The lowest BCUT2D eigenvalue weighted by atomic mass is 9.94. The summed E-state index contributed by atoms with van der Waals surface area (Å²) < 4.78 is 19.1. The number of rotatable bonds is 10. The maximum Gasteiger partial charge on any atom is 0.341 e. The number of fused-ring (bicyclic) bond motifs is 1. The lowest BCUT2D eigenvalue weighted by Gasteiger charge is -2.29. The number of benzene rings is 2. The largest absolute Gasteiger partial charge is 0.496 e. The molecule has 0 saturated heterocycles. The zero-order valence-corrected chi connectivity index (χ0v) is 26.2. The monoisotopic (exact) mass is 691 g/mol. The fourth-order valence-corrected chi connectivity index (χ4v) is 6.54. The smallest absolute Gasteiger partial charge is 0.341 e. The second-order valence-corrected chi connectivity index (χ2v) is 11.2. The number of carbonyl (C=O) groups excluding carboxylic acids is 1. The van der Waals surface area contributed by atoms with Crippen LogP contribution in [0.4, 0.5) is 0 Å². The van der Waals surface area contributed by atoms with Gasteiger partial charge in [-0.25, -0.2) is 9.79 Å². The van der Waals surface area contributed by atoms with Crippen LogP contribution in [0.3, 0.4) is 0 Å². The summed E-state index contributed by atoms with van der Waals surface area (Å²) in [7, 11) is 3.02. The van der Waals surface area contributed by atoms with Crippen LogP contribution in [-0.4, -0.2) is 60.4 Å². The quantitative estimate of drug-likeness (QED) is 0.325. The van der Waals surface area contributed by atoms with Crippen LogP contribution in [0.15, 0.2) is 57.5 Å². The van der Waals surface area contributed by atoms with Gasteiger partial charge in [-0.1, -0.05) is 29.5 Å². The number of ether oxygens (including phenoxy) is 3. The minimum absolute atomic E-state index is 0.183. The molecular formula is C29H30IN3O7S. The molecule has 12 heteroatoms. The summed E-state index contributed by atoms with van der Waals surface area (Å²) >= 11 is 3.26. The van der Waals surface area contributed by atoms with Crippen molar-refractivity contribution in [1.82, 2.24) is 9.47 Å². The van der Waals surface area contributed by atoms with Gasteiger partial charge in [0.2, 0.25) is 0 Å². The van der Waals surface area contributed by atoms with Gasteiger partial charge in [0, 0.05) is 18.7 Å². The Kier molecular flexibility index (Phi) is 9.53. The van der Waals surface area contributed by atoms with Gasteiger partial charge in [0.1, 0.15) is 11.8 Å². The normalized spacial score (nSPS) is 14.8. The zero-order chi connectivity index (χ0) is 29.8. The molecule has 0 bridgehead atoms. The summed E-state index contributed by atoms with van der Waals surface area (Å²) in [5.74, 6) is -0.0835. The van der Waals surface area contributed by atoms with Crippen molar-refractivity contribution >= 4 is 51.9 Å². The van der Waals surface area contributed by atoms with E-state index in [4.69, 9.17) is 24.3 Å². The van der Waals surface area contributed by atoms with Crippen molar-refractivity contribution in [2.45, 2.75) is 26.8 Å². The van der Waals surface area contributed by atoms with Crippen LogP contribution in [0.25, 0.3) is 6.08 Å². The molecule has 2 heterocycles. The number of aliphatic carboxylic acids is 1. The van der Waals surface area contributed by atoms with Crippen LogP contribution in [0.2, 0.25) is 0 Å². The van der Waals surface area contributed by atoms with Crippen LogP contribution >= 0.6 is 33.9 Å². The predicted molar refractivity (Wildman–Crippen MR) is 164 cm³/mol. The Morgan fingerprint density at radius 1 is 1.15 bits per heavy atom. The highest BCUT2D eigenvalue weighted by Crippen LogP contribution is 2.36. The van der Waals surface area contributed by atoms with Crippen LogP contribution in [0, 0.1) is 3.57 Å². The number of aromatic nitrogens is 1. The number of allylic oxidation sites excluding steroid dienone is 1. The molecule has 4 rings (SSSR count). The third-order valence-corrected chi connectivity index (χ3v) is 8.41. The molecule has 1 amide bonds. The number of hydrogen-bond acceptors (Lipinski definition) is 8. The second-order valence-electron chi connectivity index (χ2n) is 9.02. The third-order valence-electron chi connectivity index (χ3n) is 6.63. The maximum atomic E-state index is 14.0. The Bertz CT molecular complexity index is 1710. The minimum Gasteiger partial charge on any atom is -0.496 e. The van der Waals surface area contributed by atoms with Crippen LogP contribution in [-0.2, 0) is 9.59 Å². The van der Waals surface area contributed by atoms with Gasteiger partial charge in [0.15, 0.2) is 22.9 Å². The number of carboxylic acid groups (broad SMARTS) is 1. The number of amides is 1. The van der Waals surface area contributed by atoms with Crippen molar-refractivity contribution in [1.29, 1.82) is 0 Å². The first-order valence-corrected chi connectivity index (χ1v) is 14.7. The van der Waals surface area contributed by atoms with E-state index in [0.717, 1.165) is 0 Å². The first-order chi connectivity index (χ1) is 19.6. The lowest BCUT2D eigenvalue weighted by molar-refractivity contribution is -0.139. The van der Waals surface area contributed by atoms with Gasteiger partial charge in [-0.3, -0.25) is 14.2 Å². The molecule has 1 aliphatic heterocycles. The van der Waals surface area contributed by atoms with Gasteiger partial charge in [-0.05, 0) is 73.2 Å². The Morgan fingerprint density at radius 2 is 1.83 bits per heavy atom. The van der Waals surface area contributed by atoms with E-state index in [0.29, 0.717) is 65.6 Å². The van der Waals surface area contributed by atoms with Crippen LogP contribution in [0.1, 0.15) is 37.9 Å². The number of likely N-dealkylation sites (N-methyl/N-ethyl adjacent to an activating group) is 1. The third kappa shape index (κ3) is 6.03. The predicted octanol–water partition coefficient (Wildman–Crippen LogP) is 3.19. The summed E-state index contributed by atoms with van der Waals surface area (Å²) in [5.41, 5.74) is 2.00. The highest BCUT2D eigenvalue weighted by Gasteiger charge is 2.35. The lowest BCUT2D eigenvalue weighted by Crippen LogP contribution is -2.43. The molecule has 1 aromatic heterocycles. The van der Waals surface area contributed by atoms with Crippen LogP contribution < -0.4 is 29.1 Å². The van der Waals surface area contributed by atoms with E-state index >= 15 is 0 Å². The van der Waals surface area contributed by atoms with Gasteiger partial charge in [-0.2, -0.15) is 0 Å². The number of carboxylic acids is 1. The fraction of sp³-hybridized carbons (Fsp3) is 0.310. The van der Waals surface area contributed by atoms with Gasteiger partial charge < -0.3 is 24.2 Å². The van der Waals surface area contributed by atoms with E-state index in [1.807, 2.05) is 60.7 Å². The number of thiazole rings is 1. The summed E-state index contributed by atoms with van der Waals surface area (Å²) in [6, 6.07) is 10.1. The molecule has 0 radical (unpaired) electrons. The second kappa shape index (κ2) is 12.9. The number of para-hydroxylation sites is 1. The van der Waals surface area contributed by atoms with E-state index in [2.05, 4.69) is 0 Å². The highest BCUT2D eigenvalue weighted by molar-refractivity contribution is 14.1. The molecule has 0 aliphatic carbocycles. The van der Waals surface area contributed by atoms with Crippen molar-refractivity contribution in [3.63, 3.8) is 0 Å². The maximum absolute atomic E-state index is 14.0. The molecular weight excluding hydrogens is 661 g/mol. The van der Waals surface area contributed by atoms with Crippen molar-refractivity contribution in [3.8, 4) is 17.2 Å². The first-order valence-electron chi connectivity index (χ1n) is 12.8. The number of carbonyl (C=O) groups is 2. The van der Waals surface area contributed by atoms with E-state index in [1.54, 1.807) is 41.7 Å². The molecule has 10 nitrogen and oxygen atoms in total. The van der Waals surface area contributed by atoms with Gasteiger partial charge in [0.05, 0.1) is 33.6 Å². The average Bonchev–Trinajstić information content (AvgIpc) is 3.25. The number of hydrogen-bond donors (Lipinski definition) is 1. The number of methoxy groups -OCH3 is 2. The molecule has 1 N–H and O–H groups in total. The summed E-state index contributed by atoms with van der Waals surface area (Å²) in [5, 5.41) is 9.00. The van der Waals surface area contributed by atoms with Gasteiger partial charge in [-0.15, -0.1) is 0 Å². The summed E-state index contributed by atoms with van der Waals surface area (Å²) in [6.45, 7) is 6.14. The van der Waals surface area contributed by atoms with Gasteiger partial charge in [0.25, 0.3) is 11.5 Å². The Labute approximate surface area is 254 Å². The van der Waals surface area contributed by atoms with E-state index in [-0.39, 0.29) is 11.5 Å². The molecule has 0 saturated carbocycles. The molecule has 1 atom stereocenters. The van der Waals surface area contributed by atoms with Crippen molar-refractivity contribution in [3.05, 3.63) is 82.1 Å². The fourth-order valence-electron chi connectivity index (χ4n) is 4.71. The molecule has 2 aromatic carbocycles. The molecule has 0 fully saturated rings. The Hall–Kier alpha value is -3.65. The Balaban J connectivity index is 1.93. The topological polar surface area (TPSA) is 120 Å². The first kappa shape index (κ1) is 30.3. The van der Waals surface area contributed by atoms with Gasteiger partial charge >= 0.3 is 5.97 Å². The SMILES string of the molecule is CCN(CC)C(=O)C1=C(C)N=c2s/c(=C/c3cc(I)c(OCC(=O)O)c(OC)c3)c(=O)n2[C@H]1c1ccccc1OC. The Morgan fingerprint density at radius 3 is 2.46 bits per heavy atom. The van der Waals surface area contributed by atoms with E-state index in [1.165, 1.54) is 18.4 Å². The standard InChI is InChI=1S/C29H30IN3O7S/c1-6-32(7-2)28(37)24-16(3)31-29-33(25(24)18-10-8-9-11-20(18)38-4)27(36)22(41-29)14-17-12-19(30)26(21(13-17)39-5)40-15-23(34)35/h8-14,25H,6-7,15H2,1-5H3,(H,34,35)/b22-14+/t25-/m0/s1.